The van der Waals surface area contributed by atoms with Gasteiger partial charge in [0.05, 0.1) is 26.9 Å². The van der Waals surface area contributed by atoms with Crippen molar-refractivity contribution >= 4 is 11.7 Å². The molecule has 0 aromatic heterocycles. The smallest absolute Gasteiger partial charge is 0.329 e. The number of ether oxygens (including phenoxy) is 4. The molecule has 36 heavy (non-hydrogen) atoms. The number of anilines is 1. The van der Waals surface area contributed by atoms with E-state index in [9.17, 15) is 18.7 Å². The lowest BCUT2D eigenvalue weighted by Gasteiger charge is -2.35. The molecule has 2 fully saturated rings. The minimum absolute atomic E-state index is 0.0382. The number of hydrogen-bond acceptors (Lipinski definition) is 6. The normalized spacial score (nSPS) is 17.8. The number of benzene rings is 2. The van der Waals surface area contributed by atoms with Crippen LogP contribution in [-0.4, -0.2) is 50.2 Å². The first-order valence-corrected chi connectivity index (χ1v) is 12.2. The summed E-state index contributed by atoms with van der Waals surface area (Å²) in [5.41, 5.74) is 1.46. The lowest BCUT2D eigenvalue weighted by molar-refractivity contribution is -0.145. The van der Waals surface area contributed by atoms with E-state index in [0.29, 0.717) is 43.9 Å². The van der Waals surface area contributed by atoms with Gasteiger partial charge in [-0.3, -0.25) is 0 Å². The van der Waals surface area contributed by atoms with Gasteiger partial charge in [0.1, 0.15) is 22.6 Å². The second-order valence-electron chi connectivity index (χ2n) is 9.31. The van der Waals surface area contributed by atoms with Gasteiger partial charge in [-0.25, -0.2) is 13.6 Å². The fourth-order valence-electron chi connectivity index (χ4n) is 5.03. The van der Waals surface area contributed by atoms with Gasteiger partial charge < -0.3 is 29.4 Å². The Labute approximate surface area is 209 Å². The number of nitrogens with one attached hydrogen (secondary N) is 1. The molecule has 1 saturated carbocycles. The average Bonchev–Trinajstić information content (AvgIpc) is 3.41. The van der Waals surface area contributed by atoms with Crippen LogP contribution >= 0.6 is 0 Å². The van der Waals surface area contributed by atoms with Crippen LogP contribution in [0.3, 0.4) is 0 Å². The monoisotopic (exact) mass is 505 g/mol. The standard InChI is InChI=1S/C27H33F2NO6/c1-33-22-14-17(15-23(34-2)24(22)25(28)29)21-8-7-19(13-18(21)16-36-20-5-3-4-6-20)30-27(26(31)32)9-11-35-12-10-27/h7-8,13-15,20,25,30H,3-6,9-12,16H2,1-2H3,(H,31,32). The zero-order valence-corrected chi connectivity index (χ0v) is 20.6. The summed E-state index contributed by atoms with van der Waals surface area (Å²) in [6.45, 7) is 1.04. The van der Waals surface area contributed by atoms with Gasteiger partial charge in [-0.1, -0.05) is 18.9 Å². The summed E-state index contributed by atoms with van der Waals surface area (Å²) < 4.78 is 49.5. The quantitative estimate of drug-likeness (QED) is 0.421. The molecule has 2 aromatic rings. The molecule has 0 radical (unpaired) electrons. The van der Waals surface area contributed by atoms with E-state index in [1.165, 1.54) is 14.2 Å². The van der Waals surface area contributed by atoms with Crippen molar-refractivity contribution in [3.8, 4) is 22.6 Å². The van der Waals surface area contributed by atoms with Crippen molar-refractivity contribution in [1.29, 1.82) is 0 Å². The van der Waals surface area contributed by atoms with Crippen LogP contribution in [0.4, 0.5) is 14.5 Å². The Kier molecular flexibility index (Phi) is 8.31. The second-order valence-corrected chi connectivity index (χ2v) is 9.31. The van der Waals surface area contributed by atoms with Crippen molar-refractivity contribution in [3.63, 3.8) is 0 Å². The van der Waals surface area contributed by atoms with Gasteiger partial charge in [0.15, 0.2) is 0 Å². The van der Waals surface area contributed by atoms with Gasteiger partial charge in [0.2, 0.25) is 0 Å². The van der Waals surface area contributed by atoms with Crippen LogP contribution in [0.15, 0.2) is 30.3 Å². The van der Waals surface area contributed by atoms with Crippen LogP contribution in [0.2, 0.25) is 0 Å². The number of carboxylic acids is 1. The molecule has 2 aromatic carbocycles. The van der Waals surface area contributed by atoms with Gasteiger partial charge in [0, 0.05) is 31.7 Å². The molecule has 2 aliphatic rings. The Morgan fingerprint density at radius 1 is 1.11 bits per heavy atom. The highest BCUT2D eigenvalue weighted by molar-refractivity contribution is 5.83. The predicted octanol–water partition coefficient (Wildman–Crippen LogP) is 5.81. The summed E-state index contributed by atoms with van der Waals surface area (Å²) in [6, 6.07) is 8.67. The second kappa shape index (κ2) is 11.4. The Bertz CT molecular complexity index is 1040. The summed E-state index contributed by atoms with van der Waals surface area (Å²) in [4.78, 5) is 12.1. The molecule has 0 bridgehead atoms. The molecule has 2 N–H and O–H groups in total. The van der Waals surface area contributed by atoms with E-state index >= 15 is 0 Å². The number of hydrogen-bond donors (Lipinski definition) is 2. The number of alkyl halides is 2. The lowest BCUT2D eigenvalue weighted by Crippen LogP contribution is -2.50. The van der Waals surface area contributed by atoms with E-state index < -0.39 is 17.9 Å². The van der Waals surface area contributed by atoms with E-state index in [0.717, 1.165) is 36.8 Å². The van der Waals surface area contributed by atoms with Crippen LogP contribution in [-0.2, 0) is 20.9 Å². The highest BCUT2D eigenvalue weighted by Crippen LogP contribution is 2.42. The fourth-order valence-corrected chi connectivity index (χ4v) is 5.03. The molecular formula is C27H33F2NO6. The molecule has 1 saturated heterocycles. The summed E-state index contributed by atoms with van der Waals surface area (Å²) in [5, 5.41) is 13.2. The maximum Gasteiger partial charge on any atom is 0.329 e. The summed E-state index contributed by atoms with van der Waals surface area (Å²) in [5.74, 6) is -0.844. The fraction of sp³-hybridized carbons (Fsp3) is 0.519. The van der Waals surface area contributed by atoms with Gasteiger partial charge in [0.25, 0.3) is 6.43 Å². The number of carbonyl (C=O) groups is 1. The van der Waals surface area contributed by atoms with E-state index in [1.807, 2.05) is 12.1 Å². The first-order chi connectivity index (χ1) is 17.4. The molecule has 7 nitrogen and oxygen atoms in total. The van der Waals surface area contributed by atoms with Crippen molar-refractivity contribution in [1.82, 2.24) is 0 Å². The molecule has 0 atom stereocenters. The molecule has 1 aliphatic heterocycles. The third-order valence-corrected chi connectivity index (χ3v) is 7.09. The summed E-state index contributed by atoms with van der Waals surface area (Å²) >= 11 is 0. The third-order valence-electron chi connectivity index (χ3n) is 7.09. The van der Waals surface area contributed by atoms with Crippen molar-refractivity contribution in [2.45, 2.75) is 63.2 Å². The van der Waals surface area contributed by atoms with Gasteiger partial charge in [-0.05, 0) is 53.8 Å². The summed E-state index contributed by atoms with van der Waals surface area (Å²) in [6.07, 6.45) is 2.37. The molecular weight excluding hydrogens is 472 g/mol. The van der Waals surface area contributed by atoms with E-state index in [4.69, 9.17) is 18.9 Å². The number of methoxy groups -OCH3 is 2. The van der Waals surface area contributed by atoms with Crippen LogP contribution < -0.4 is 14.8 Å². The largest absolute Gasteiger partial charge is 0.496 e. The van der Waals surface area contributed by atoms with Crippen LogP contribution in [0.25, 0.3) is 11.1 Å². The van der Waals surface area contributed by atoms with Crippen molar-refractivity contribution < 1.29 is 37.6 Å². The molecule has 0 amide bonds. The molecule has 0 unspecified atom stereocenters. The van der Waals surface area contributed by atoms with Crippen molar-refractivity contribution in [3.05, 3.63) is 41.5 Å². The number of carboxylic acid groups (broad SMARTS) is 1. The van der Waals surface area contributed by atoms with Crippen molar-refractivity contribution in [2.24, 2.45) is 0 Å². The van der Waals surface area contributed by atoms with Gasteiger partial charge >= 0.3 is 5.97 Å². The Morgan fingerprint density at radius 2 is 1.75 bits per heavy atom. The minimum atomic E-state index is -2.76. The number of rotatable bonds is 10. The molecule has 9 heteroatoms. The van der Waals surface area contributed by atoms with Crippen LogP contribution in [0.1, 0.15) is 56.1 Å². The Balaban J connectivity index is 1.73. The minimum Gasteiger partial charge on any atom is -0.496 e. The number of aliphatic carboxylic acids is 1. The van der Waals surface area contributed by atoms with Crippen LogP contribution in [0, 0.1) is 0 Å². The highest BCUT2D eigenvalue weighted by Gasteiger charge is 2.40. The maximum absolute atomic E-state index is 13.7. The average molecular weight is 506 g/mol. The molecule has 196 valence electrons. The SMILES string of the molecule is COc1cc(-c2ccc(NC3(C(=O)O)CCOCC3)cc2COC2CCCC2)cc(OC)c1C(F)F. The predicted molar refractivity (Wildman–Crippen MR) is 131 cm³/mol. The topological polar surface area (TPSA) is 86.3 Å². The maximum atomic E-state index is 13.7. The first kappa shape index (κ1) is 26.2. The molecule has 4 rings (SSSR count). The Morgan fingerprint density at radius 3 is 2.31 bits per heavy atom. The zero-order chi connectivity index (χ0) is 25.7. The summed E-state index contributed by atoms with van der Waals surface area (Å²) in [7, 11) is 2.70. The van der Waals surface area contributed by atoms with E-state index in [2.05, 4.69) is 5.32 Å². The zero-order valence-electron chi connectivity index (χ0n) is 20.6. The van der Waals surface area contributed by atoms with Gasteiger partial charge in [-0.2, -0.15) is 0 Å². The van der Waals surface area contributed by atoms with Crippen molar-refractivity contribution in [2.75, 3.05) is 32.8 Å². The number of halogens is 2. The molecule has 1 heterocycles. The highest BCUT2D eigenvalue weighted by atomic mass is 19.3. The van der Waals surface area contributed by atoms with E-state index in [-0.39, 0.29) is 23.2 Å². The van der Waals surface area contributed by atoms with Crippen LogP contribution in [0.5, 0.6) is 11.5 Å². The Hall–Kier alpha value is -2.91. The lowest BCUT2D eigenvalue weighted by atomic mass is 9.89. The molecule has 0 spiro atoms. The molecule has 1 aliphatic carbocycles. The van der Waals surface area contributed by atoms with E-state index in [1.54, 1.807) is 18.2 Å². The van der Waals surface area contributed by atoms with Gasteiger partial charge in [-0.15, -0.1) is 0 Å². The third kappa shape index (κ3) is 5.57. The first-order valence-electron chi connectivity index (χ1n) is 12.2.